The molecule has 0 radical (unpaired) electrons. The summed E-state index contributed by atoms with van der Waals surface area (Å²) in [6.07, 6.45) is 6.35. The minimum absolute atomic E-state index is 0.193. The van der Waals surface area contributed by atoms with Gasteiger partial charge in [0.05, 0.1) is 22.2 Å². The number of rotatable bonds is 4. The standard InChI is InChI=1S/C21H18ClN5O2S/c1-4-27-19-14(11-25-21(26-19)30(3)29)9-16(20(27)28)15-6-5-13(10-17(15)22)18-12(2)23-7-8-24-18/h5-11H,4H2,1-3H3. The van der Waals surface area contributed by atoms with Crippen LogP contribution in [0.2, 0.25) is 5.02 Å². The third-order valence-electron chi connectivity index (χ3n) is 4.79. The molecule has 0 saturated carbocycles. The van der Waals surface area contributed by atoms with Gasteiger partial charge in [0.1, 0.15) is 5.65 Å². The van der Waals surface area contributed by atoms with Gasteiger partial charge in [-0.05, 0) is 26.0 Å². The fourth-order valence-electron chi connectivity index (χ4n) is 3.34. The average Bonchev–Trinajstić information content (AvgIpc) is 2.73. The van der Waals surface area contributed by atoms with Crippen LogP contribution in [0.5, 0.6) is 0 Å². The van der Waals surface area contributed by atoms with Crippen LogP contribution >= 0.6 is 11.6 Å². The van der Waals surface area contributed by atoms with Gasteiger partial charge in [0.2, 0.25) is 5.16 Å². The van der Waals surface area contributed by atoms with Crippen molar-refractivity contribution < 1.29 is 4.21 Å². The SMILES string of the molecule is CCn1c(=O)c(-c2ccc(-c3nccnc3C)cc2Cl)cc2cnc(S(C)=O)nc21. The van der Waals surface area contributed by atoms with Crippen LogP contribution in [-0.4, -0.2) is 35.0 Å². The molecule has 0 aliphatic rings. The zero-order valence-corrected chi connectivity index (χ0v) is 18.2. The normalized spacial score (nSPS) is 12.3. The highest BCUT2D eigenvalue weighted by atomic mass is 35.5. The summed E-state index contributed by atoms with van der Waals surface area (Å²) in [6, 6.07) is 7.19. The first-order chi connectivity index (χ1) is 14.4. The van der Waals surface area contributed by atoms with E-state index in [1.54, 1.807) is 35.3 Å². The average molecular weight is 440 g/mol. The molecule has 0 N–H and O–H groups in total. The molecular formula is C21H18ClN5O2S. The van der Waals surface area contributed by atoms with Gasteiger partial charge in [0, 0.05) is 58.5 Å². The molecule has 4 rings (SSSR count). The maximum atomic E-state index is 13.2. The zero-order chi connectivity index (χ0) is 21.4. The molecule has 1 unspecified atom stereocenters. The minimum atomic E-state index is -1.34. The van der Waals surface area contributed by atoms with Gasteiger partial charge >= 0.3 is 0 Å². The highest BCUT2D eigenvalue weighted by Crippen LogP contribution is 2.32. The fraction of sp³-hybridized carbons (Fsp3) is 0.190. The molecule has 0 fully saturated rings. The molecule has 1 atom stereocenters. The van der Waals surface area contributed by atoms with Gasteiger partial charge in [-0.3, -0.25) is 23.5 Å². The van der Waals surface area contributed by atoms with Crippen molar-refractivity contribution in [2.24, 2.45) is 0 Å². The van der Waals surface area contributed by atoms with Gasteiger partial charge in [-0.2, -0.15) is 0 Å². The third-order valence-corrected chi connectivity index (χ3v) is 5.82. The van der Waals surface area contributed by atoms with Crippen molar-refractivity contribution >= 4 is 33.4 Å². The molecular weight excluding hydrogens is 422 g/mol. The lowest BCUT2D eigenvalue weighted by Gasteiger charge is -2.13. The topological polar surface area (TPSA) is 90.6 Å². The Hall–Kier alpha value is -2.97. The maximum Gasteiger partial charge on any atom is 0.260 e. The van der Waals surface area contributed by atoms with Crippen LogP contribution in [-0.2, 0) is 17.3 Å². The van der Waals surface area contributed by atoms with Crippen LogP contribution in [0.4, 0.5) is 0 Å². The Morgan fingerprint density at radius 3 is 2.53 bits per heavy atom. The molecule has 0 saturated heterocycles. The molecule has 3 aromatic heterocycles. The zero-order valence-electron chi connectivity index (χ0n) is 16.6. The minimum Gasteiger partial charge on any atom is -0.292 e. The second kappa shape index (κ2) is 8.04. The van der Waals surface area contributed by atoms with Gasteiger partial charge < -0.3 is 0 Å². The number of nitrogens with zero attached hydrogens (tertiary/aromatic N) is 5. The smallest absolute Gasteiger partial charge is 0.260 e. The second-order valence-electron chi connectivity index (χ2n) is 6.68. The quantitative estimate of drug-likeness (QED) is 0.451. The summed E-state index contributed by atoms with van der Waals surface area (Å²) in [5.41, 5.74) is 3.65. The summed E-state index contributed by atoms with van der Waals surface area (Å²) in [5.74, 6) is 0. The molecule has 0 bridgehead atoms. The Morgan fingerprint density at radius 2 is 1.87 bits per heavy atom. The van der Waals surface area contributed by atoms with E-state index in [1.807, 2.05) is 26.0 Å². The predicted molar refractivity (Wildman–Crippen MR) is 118 cm³/mol. The molecule has 152 valence electrons. The first-order valence-corrected chi connectivity index (χ1v) is 11.2. The molecule has 4 aromatic rings. The maximum absolute atomic E-state index is 13.2. The van der Waals surface area contributed by atoms with Crippen molar-refractivity contribution in [2.45, 2.75) is 25.5 Å². The summed E-state index contributed by atoms with van der Waals surface area (Å²) >= 11 is 6.58. The highest BCUT2D eigenvalue weighted by Gasteiger charge is 2.16. The number of hydrogen-bond acceptors (Lipinski definition) is 6. The van der Waals surface area contributed by atoms with Crippen molar-refractivity contribution in [1.29, 1.82) is 0 Å². The Morgan fingerprint density at radius 1 is 1.10 bits per heavy atom. The van der Waals surface area contributed by atoms with E-state index in [4.69, 9.17) is 11.6 Å². The molecule has 1 aromatic carbocycles. The van der Waals surface area contributed by atoms with Crippen LogP contribution in [0, 0.1) is 6.92 Å². The van der Waals surface area contributed by atoms with E-state index >= 15 is 0 Å². The molecule has 0 spiro atoms. The van der Waals surface area contributed by atoms with E-state index in [0.717, 1.165) is 17.0 Å². The van der Waals surface area contributed by atoms with E-state index in [9.17, 15) is 9.00 Å². The molecule has 30 heavy (non-hydrogen) atoms. The number of fused-ring (bicyclic) bond motifs is 1. The van der Waals surface area contributed by atoms with Gasteiger partial charge in [-0.1, -0.05) is 23.7 Å². The monoisotopic (exact) mass is 439 g/mol. The van der Waals surface area contributed by atoms with Crippen LogP contribution < -0.4 is 5.56 Å². The largest absolute Gasteiger partial charge is 0.292 e. The third kappa shape index (κ3) is 3.53. The van der Waals surface area contributed by atoms with Gasteiger partial charge in [0.15, 0.2) is 0 Å². The Labute approximate surface area is 180 Å². The lowest BCUT2D eigenvalue weighted by molar-refractivity contribution is 0.678. The lowest BCUT2D eigenvalue weighted by Crippen LogP contribution is -2.22. The summed E-state index contributed by atoms with van der Waals surface area (Å²) in [4.78, 5) is 30.3. The number of pyridine rings is 1. The molecule has 7 nitrogen and oxygen atoms in total. The predicted octanol–water partition coefficient (Wildman–Crippen LogP) is 3.63. The highest BCUT2D eigenvalue weighted by molar-refractivity contribution is 7.84. The van der Waals surface area contributed by atoms with Crippen LogP contribution in [0.3, 0.4) is 0 Å². The van der Waals surface area contributed by atoms with Gasteiger partial charge in [-0.25, -0.2) is 9.97 Å². The van der Waals surface area contributed by atoms with E-state index in [1.165, 1.54) is 6.26 Å². The second-order valence-corrected chi connectivity index (χ2v) is 8.36. The number of benzene rings is 1. The van der Waals surface area contributed by atoms with Crippen molar-refractivity contribution in [3.63, 3.8) is 0 Å². The van der Waals surface area contributed by atoms with E-state index in [2.05, 4.69) is 19.9 Å². The van der Waals surface area contributed by atoms with Gasteiger partial charge in [0.25, 0.3) is 5.56 Å². The Bertz CT molecular complexity index is 1370. The van der Waals surface area contributed by atoms with Crippen molar-refractivity contribution in [3.8, 4) is 22.4 Å². The first kappa shape index (κ1) is 20.3. The van der Waals surface area contributed by atoms with Crippen LogP contribution in [0.25, 0.3) is 33.4 Å². The molecule has 0 aliphatic carbocycles. The van der Waals surface area contributed by atoms with Crippen LogP contribution in [0.1, 0.15) is 12.6 Å². The summed E-state index contributed by atoms with van der Waals surface area (Å²) < 4.78 is 13.3. The molecule has 3 heterocycles. The Balaban J connectivity index is 1.90. The van der Waals surface area contributed by atoms with Crippen molar-refractivity contribution in [3.05, 3.63) is 63.9 Å². The fourth-order valence-corrected chi connectivity index (χ4v) is 4.04. The molecule has 9 heteroatoms. The molecule has 0 amide bonds. The van der Waals surface area contributed by atoms with Gasteiger partial charge in [-0.15, -0.1) is 0 Å². The number of aryl methyl sites for hydroxylation is 2. The number of hydrogen-bond donors (Lipinski definition) is 0. The summed E-state index contributed by atoms with van der Waals surface area (Å²) in [6.45, 7) is 4.15. The number of halogens is 1. The lowest BCUT2D eigenvalue weighted by atomic mass is 10.0. The van der Waals surface area contributed by atoms with E-state index < -0.39 is 10.8 Å². The van der Waals surface area contributed by atoms with Crippen LogP contribution in [0.15, 0.2) is 52.8 Å². The molecule has 0 aliphatic heterocycles. The first-order valence-electron chi connectivity index (χ1n) is 9.22. The van der Waals surface area contributed by atoms with E-state index in [0.29, 0.717) is 33.7 Å². The Kier molecular flexibility index (Phi) is 5.44. The van der Waals surface area contributed by atoms with Crippen molar-refractivity contribution in [2.75, 3.05) is 6.26 Å². The van der Waals surface area contributed by atoms with Crippen molar-refractivity contribution in [1.82, 2.24) is 24.5 Å². The summed E-state index contributed by atoms with van der Waals surface area (Å²) in [7, 11) is -1.34. The summed E-state index contributed by atoms with van der Waals surface area (Å²) in [5, 5.41) is 1.30. The van der Waals surface area contributed by atoms with E-state index in [-0.39, 0.29) is 10.7 Å². The number of aromatic nitrogens is 5.